The molecule has 0 aromatic rings. The Morgan fingerprint density at radius 3 is 2.33 bits per heavy atom. The minimum atomic E-state index is 0. The number of likely N-dealkylation sites (tertiary alicyclic amines) is 1. The van der Waals surface area contributed by atoms with Gasteiger partial charge in [0.05, 0.1) is 0 Å². The van der Waals surface area contributed by atoms with Gasteiger partial charge in [0.2, 0.25) is 0 Å². The van der Waals surface area contributed by atoms with E-state index in [1.807, 2.05) is 11.8 Å². The fourth-order valence-corrected chi connectivity index (χ4v) is 2.21. The predicted molar refractivity (Wildman–Crippen MR) is 64.9 cm³/mol. The van der Waals surface area contributed by atoms with Gasteiger partial charge in [0.1, 0.15) is 0 Å². The van der Waals surface area contributed by atoms with Gasteiger partial charge in [0.25, 0.3) is 0 Å². The molecule has 0 aliphatic carbocycles. The van der Waals surface area contributed by atoms with Gasteiger partial charge in [-0.2, -0.15) is 0 Å². The summed E-state index contributed by atoms with van der Waals surface area (Å²) in [6.45, 7) is 11.4. The minimum Gasteiger partial charge on any atom is -0.338 e. The average molecular weight is 214 g/mol. The molecule has 1 fully saturated rings. The molecule has 0 saturated carbocycles. The fraction of sp³-hybridized carbons (Fsp3) is 0.917. The van der Waals surface area contributed by atoms with E-state index in [0.717, 1.165) is 38.4 Å². The summed E-state index contributed by atoms with van der Waals surface area (Å²) in [6, 6.07) is 0.102. The molecule has 15 heavy (non-hydrogen) atoms. The highest BCUT2D eigenvalue weighted by Crippen LogP contribution is 2.34. The summed E-state index contributed by atoms with van der Waals surface area (Å²) in [5.74, 6) is 0.753. The lowest BCUT2D eigenvalue weighted by Crippen LogP contribution is -2.46. The molecular formula is C12H26N2O. The van der Waals surface area contributed by atoms with E-state index in [1.54, 1.807) is 0 Å². The van der Waals surface area contributed by atoms with Crippen LogP contribution in [0.3, 0.4) is 0 Å². The van der Waals surface area contributed by atoms with Crippen LogP contribution in [-0.4, -0.2) is 30.6 Å². The van der Waals surface area contributed by atoms with Gasteiger partial charge in [0.15, 0.2) is 0 Å². The third-order valence-corrected chi connectivity index (χ3v) is 3.33. The number of nitrogens with zero attached hydrogens (tertiary/aromatic N) is 1. The zero-order valence-corrected chi connectivity index (χ0v) is 10.5. The maximum absolute atomic E-state index is 11.6. The third-order valence-electron chi connectivity index (χ3n) is 3.33. The molecule has 0 unspecified atom stereocenters. The molecule has 0 aromatic carbocycles. The first kappa shape index (κ1) is 12.3. The number of hydrogen-bond acceptors (Lipinski definition) is 1. The van der Waals surface area contributed by atoms with Crippen LogP contribution in [0.1, 0.15) is 42.0 Å². The lowest BCUT2D eigenvalue weighted by molar-refractivity contribution is 0.122. The number of nitrogens with one attached hydrogen (secondary N) is 1. The summed E-state index contributed by atoms with van der Waals surface area (Å²) >= 11 is 0. The molecule has 1 aliphatic rings. The van der Waals surface area contributed by atoms with Crippen molar-refractivity contribution >= 4 is 6.03 Å². The Kier molecular flexibility index (Phi) is 4.00. The van der Waals surface area contributed by atoms with E-state index in [9.17, 15) is 4.79 Å². The van der Waals surface area contributed by atoms with Crippen LogP contribution in [0.25, 0.3) is 0 Å². The van der Waals surface area contributed by atoms with E-state index in [0.29, 0.717) is 5.41 Å². The number of rotatable bonds is 1. The van der Waals surface area contributed by atoms with Crippen LogP contribution in [0.5, 0.6) is 0 Å². The van der Waals surface area contributed by atoms with Crippen molar-refractivity contribution in [3.63, 3.8) is 0 Å². The highest BCUT2D eigenvalue weighted by molar-refractivity contribution is 5.74. The molecule has 1 saturated heterocycles. The zero-order chi connectivity index (χ0) is 11.5. The largest absolute Gasteiger partial charge is 0.338 e. The molecule has 1 aliphatic heterocycles. The maximum atomic E-state index is 11.6. The van der Waals surface area contributed by atoms with Crippen molar-refractivity contribution in [1.29, 1.82) is 0 Å². The monoisotopic (exact) mass is 214 g/mol. The van der Waals surface area contributed by atoms with E-state index >= 15 is 0 Å². The van der Waals surface area contributed by atoms with Gasteiger partial charge in [-0.15, -0.1) is 0 Å². The smallest absolute Gasteiger partial charge is 0.317 e. The first-order valence-electron chi connectivity index (χ1n) is 5.98. The van der Waals surface area contributed by atoms with Gasteiger partial charge in [-0.3, -0.25) is 0 Å². The first-order valence-corrected chi connectivity index (χ1v) is 5.98. The van der Waals surface area contributed by atoms with E-state index in [2.05, 4.69) is 26.1 Å². The Hall–Kier alpha value is -0.730. The molecule has 0 aromatic heterocycles. The molecule has 3 heteroatoms. The highest BCUT2D eigenvalue weighted by Gasteiger charge is 2.29. The first-order chi connectivity index (χ1) is 6.95. The minimum absolute atomic E-state index is 0. The topological polar surface area (TPSA) is 32.3 Å². The van der Waals surface area contributed by atoms with Crippen LogP contribution in [-0.2, 0) is 0 Å². The summed E-state index contributed by atoms with van der Waals surface area (Å²) in [5, 5.41) is 2.86. The second-order valence-corrected chi connectivity index (χ2v) is 5.46. The SMILES string of the molecule is CCNC(=O)N1CCC(C(C)(C)C)CC1.[HH]. The maximum Gasteiger partial charge on any atom is 0.317 e. The van der Waals surface area contributed by atoms with E-state index in [1.165, 1.54) is 0 Å². The summed E-state index contributed by atoms with van der Waals surface area (Å²) in [6.07, 6.45) is 2.28. The van der Waals surface area contributed by atoms with E-state index in [-0.39, 0.29) is 7.46 Å². The Morgan fingerprint density at radius 2 is 1.93 bits per heavy atom. The molecule has 0 atom stereocenters. The summed E-state index contributed by atoms with van der Waals surface area (Å²) < 4.78 is 0. The molecule has 2 amide bonds. The van der Waals surface area contributed by atoms with Crippen LogP contribution in [0.2, 0.25) is 0 Å². The molecule has 90 valence electrons. The molecule has 0 bridgehead atoms. The van der Waals surface area contributed by atoms with Crippen molar-refractivity contribution in [2.45, 2.75) is 40.5 Å². The van der Waals surface area contributed by atoms with Crippen molar-refractivity contribution in [1.82, 2.24) is 10.2 Å². The number of hydrogen-bond donors (Lipinski definition) is 1. The van der Waals surface area contributed by atoms with Crippen molar-refractivity contribution in [2.75, 3.05) is 19.6 Å². The predicted octanol–water partition coefficient (Wildman–Crippen LogP) is 2.72. The van der Waals surface area contributed by atoms with Gasteiger partial charge in [-0.25, -0.2) is 4.79 Å². The number of piperidine rings is 1. The quantitative estimate of drug-likeness (QED) is 0.715. The number of carbonyl (C=O) groups is 1. The highest BCUT2D eigenvalue weighted by atomic mass is 16.2. The van der Waals surface area contributed by atoms with Crippen LogP contribution < -0.4 is 5.32 Å². The van der Waals surface area contributed by atoms with Crippen molar-refractivity contribution < 1.29 is 6.22 Å². The third kappa shape index (κ3) is 3.40. The van der Waals surface area contributed by atoms with Crippen LogP contribution in [0, 0.1) is 11.3 Å². The van der Waals surface area contributed by atoms with Gasteiger partial charge in [0, 0.05) is 21.1 Å². The Morgan fingerprint density at radius 1 is 1.40 bits per heavy atom. The molecule has 0 radical (unpaired) electrons. The number of amides is 2. The molecular weight excluding hydrogens is 188 g/mol. The lowest BCUT2D eigenvalue weighted by Gasteiger charge is -2.38. The van der Waals surface area contributed by atoms with Gasteiger partial charge in [-0.05, 0) is 31.1 Å². The van der Waals surface area contributed by atoms with Crippen LogP contribution in [0.15, 0.2) is 0 Å². The standard InChI is InChI=1S/C12H24N2O.H2/c1-5-13-11(15)14-8-6-10(7-9-14)12(2,3)4;/h10H,5-9H2,1-4H3,(H,13,15);1H. The lowest BCUT2D eigenvalue weighted by atomic mass is 9.75. The zero-order valence-electron chi connectivity index (χ0n) is 10.5. The van der Waals surface area contributed by atoms with Gasteiger partial charge < -0.3 is 10.2 Å². The Bertz CT molecular complexity index is 218. The van der Waals surface area contributed by atoms with E-state index < -0.39 is 0 Å². The van der Waals surface area contributed by atoms with Crippen LogP contribution in [0.4, 0.5) is 4.79 Å². The average Bonchev–Trinajstić information content (AvgIpc) is 2.17. The number of carbonyl (C=O) groups excluding carboxylic acids is 1. The Balaban J connectivity index is 0.00000225. The summed E-state index contributed by atoms with van der Waals surface area (Å²) in [4.78, 5) is 13.5. The molecule has 1 N–H and O–H groups in total. The summed E-state index contributed by atoms with van der Waals surface area (Å²) in [7, 11) is 0. The van der Waals surface area contributed by atoms with Crippen LogP contribution >= 0.6 is 0 Å². The molecule has 0 spiro atoms. The van der Waals surface area contributed by atoms with Crippen molar-refractivity contribution in [3.8, 4) is 0 Å². The molecule has 1 heterocycles. The van der Waals surface area contributed by atoms with E-state index in [4.69, 9.17) is 0 Å². The van der Waals surface area contributed by atoms with Crippen molar-refractivity contribution in [3.05, 3.63) is 0 Å². The molecule has 3 nitrogen and oxygen atoms in total. The fourth-order valence-electron chi connectivity index (χ4n) is 2.21. The molecule has 1 rings (SSSR count). The summed E-state index contributed by atoms with van der Waals surface area (Å²) in [5.41, 5.74) is 0.382. The van der Waals surface area contributed by atoms with Crippen molar-refractivity contribution in [2.24, 2.45) is 11.3 Å². The second-order valence-electron chi connectivity index (χ2n) is 5.46. The second kappa shape index (κ2) is 4.86. The van der Waals surface area contributed by atoms with Gasteiger partial charge in [-0.1, -0.05) is 20.8 Å². The normalized spacial score (nSPS) is 19.1. The Labute approximate surface area is 94.7 Å². The van der Waals surface area contributed by atoms with Gasteiger partial charge >= 0.3 is 6.03 Å². The number of urea groups is 1.